The molecule has 1 aromatic carbocycles. The zero-order valence-electron chi connectivity index (χ0n) is 16.4. The molecule has 0 atom stereocenters. The van der Waals surface area contributed by atoms with E-state index in [0.29, 0.717) is 48.8 Å². The molecule has 1 saturated heterocycles. The summed E-state index contributed by atoms with van der Waals surface area (Å²) >= 11 is 2.63. The molecule has 0 spiro atoms. The Bertz CT molecular complexity index is 1090. The number of thioether (sulfide) groups is 1. The van der Waals surface area contributed by atoms with Crippen LogP contribution in [0.1, 0.15) is 9.67 Å². The molecule has 31 heavy (non-hydrogen) atoms. The van der Waals surface area contributed by atoms with Gasteiger partial charge in [-0.05, 0) is 29.6 Å². The summed E-state index contributed by atoms with van der Waals surface area (Å²) in [5.74, 6) is 1.88. The lowest BCUT2D eigenvalue weighted by molar-refractivity contribution is -0.129. The number of hydrogen-bond acceptors (Lipinski definition) is 9. The van der Waals surface area contributed by atoms with Gasteiger partial charge in [-0.2, -0.15) is 0 Å². The topological polar surface area (TPSA) is 98.0 Å². The molecule has 4 heterocycles. The molecule has 0 bridgehead atoms. The smallest absolute Gasteiger partial charge is 0.277 e. The van der Waals surface area contributed by atoms with Crippen molar-refractivity contribution in [3.63, 3.8) is 0 Å². The van der Waals surface area contributed by atoms with Gasteiger partial charge in [0.25, 0.3) is 11.1 Å². The lowest BCUT2D eigenvalue weighted by Gasteiger charge is -2.34. The lowest BCUT2D eigenvalue weighted by atomic mass is 10.2. The number of benzene rings is 1. The maximum atomic E-state index is 12.6. The number of rotatable bonds is 5. The second-order valence-electron chi connectivity index (χ2n) is 6.88. The molecule has 0 aliphatic carbocycles. The highest BCUT2D eigenvalue weighted by Crippen LogP contribution is 2.36. The van der Waals surface area contributed by atoms with Crippen LogP contribution in [-0.4, -0.2) is 70.5 Å². The molecule has 9 nitrogen and oxygen atoms in total. The summed E-state index contributed by atoms with van der Waals surface area (Å²) in [7, 11) is 0. The predicted molar refractivity (Wildman–Crippen MR) is 113 cm³/mol. The van der Waals surface area contributed by atoms with Crippen molar-refractivity contribution in [2.75, 3.05) is 38.7 Å². The Hall–Kier alpha value is -3.05. The van der Waals surface area contributed by atoms with E-state index in [1.54, 1.807) is 21.9 Å². The summed E-state index contributed by atoms with van der Waals surface area (Å²) in [6.07, 6.45) is 0. The van der Waals surface area contributed by atoms with Crippen molar-refractivity contribution in [3.05, 3.63) is 40.6 Å². The maximum absolute atomic E-state index is 12.6. The highest BCUT2D eigenvalue weighted by Gasteiger charge is 2.25. The van der Waals surface area contributed by atoms with E-state index in [2.05, 4.69) is 10.2 Å². The zero-order chi connectivity index (χ0) is 21.2. The average Bonchev–Trinajstić information content (AvgIpc) is 3.58. The van der Waals surface area contributed by atoms with Gasteiger partial charge in [-0.1, -0.05) is 17.8 Å². The molecule has 160 valence electrons. The van der Waals surface area contributed by atoms with Gasteiger partial charge in [0.1, 0.15) is 0 Å². The number of ether oxygens (including phenoxy) is 2. The van der Waals surface area contributed by atoms with E-state index in [0.717, 1.165) is 10.4 Å². The first-order valence-electron chi connectivity index (χ1n) is 9.64. The van der Waals surface area contributed by atoms with Crippen LogP contribution in [0.5, 0.6) is 11.5 Å². The molecule has 2 aromatic heterocycles. The Kier molecular flexibility index (Phi) is 5.51. The Balaban J connectivity index is 1.13. The molecule has 2 aliphatic heterocycles. The predicted octanol–water partition coefficient (Wildman–Crippen LogP) is 2.60. The van der Waals surface area contributed by atoms with Gasteiger partial charge in [0.15, 0.2) is 11.5 Å². The number of fused-ring (bicyclic) bond motifs is 1. The molecular weight excluding hydrogens is 440 g/mol. The number of thiophene rings is 1. The number of nitrogens with zero attached hydrogens (tertiary/aromatic N) is 4. The second-order valence-corrected chi connectivity index (χ2v) is 8.75. The summed E-state index contributed by atoms with van der Waals surface area (Å²) in [6.45, 7) is 2.29. The van der Waals surface area contributed by atoms with Crippen LogP contribution in [0.25, 0.3) is 11.5 Å². The summed E-state index contributed by atoms with van der Waals surface area (Å²) in [5.41, 5.74) is 0.724. The van der Waals surface area contributed by atoms with Crippen molar-refractivity contribution in [1.29, 1.82) is 0 Å². The van der Waals surface area contributed by atoms with Gasteiger partial charge in [-0.3, -0.25) is 9.59 Å². The van der Waals surface area contributed by atoms with Crippen LogP contribution in [0.4, 0.5) is 0 Å². The second kappa shape index (κ2) is 8.60. The fourth-order valence-corrected chi connectivity index (χ4v) is 4.70. The van der Waals surface area contributed by atoms with E-state index < -0.39 is 0 Å². The number of amides is 2. The van der Waals surface area contributed by atoms with Crippen LogP contribution in [0.3, 0.4) is 0 Å². The van der Waals surface area contributed by atoms with Gasteiger partial charge in [0.05, 0.1) is 10.6 Å². The van der Waals surface area contributed by atoms with Crippen LogP contribution in [-0.2, 0) is 4.79 Å². The van der Waals surface area contributed by atoms with Gasteiger partial charge in [-0.25, -0.2) is 0 Å². The third kappa shape index (κ3) is 4.23. The molecule has 5 rings (SSSR count). The third-order valence-corrected chi connectivity index (χ3v) is 6.66. The first-order valence-corrected chi connectivity index (χ1v) is 11.5. The molecule has 0 unspecified atom stereocenters. The standard InChI is InChI=1S/C20H18N4O5S2/c25-17(23-5-7-24(8-6-23)19(26)16-2-1-9-30-16)11-31-20-22-21-18(29-20)13-3-4-14-15(10-13)28-12-27-14/h1-4,9-10H,5-8,11-12H2. The number of piperazine rings is 1. The largest absolute Gasteiger partial charge is 0.454 e. The molecular formula is C20H18N4O5S2. The maximum Gasteiger partial charge on any atom is 0.277 e. The van der Waals surface area contributed by atoms with Crippen molar-refractivity contribution in [2.24, 2.45) is 0 Å². The van der Waals surface area contributed by atoms with E-state index >= 15 is 0 Å². The van der Waals surface area contributed by atoms with Crippen LogP contribution >= 0.6 is 23.1 Å². The Morgan fingerprint density at radius 1 is 1.03 bits per heavy atom. The van der Waals surface area contributed by atoms with Crippen LogP contribution in [0.15, 0.2) is 45.4 Å². The fourth-order valence-electron chi connectivity index (χ4n) is 3.34. The first-order chi connectivity index (χ1) is 15.2. The monoisotopic (exact) mass is 458 g/mol. The van der Waals surface area contributed by atoms with Gasteiger partial charge in [0, 0.05) is 31.7 Å². The summed E-state index contributed by atoms with van der Waals surface area (Å²) in [5, 5.41) is 10.3. The van der Waals surface area contributed by atoms with Crippen molar-refractivity contribution >= 4 is 34.9 Å². The number of carbonyl (C=O) groups is 2. The Morgan fingerprint density at radius 2 is 1.84 bits per heavy atom. The third-order valence-electron chi connectivity index (χ3n) is 5.00. The molecule has 11 heteroatoms. The number of carbonyl (C=O) groups excluding carboxylic acids is 2. The minimum Gasteiger partial charge on any atom is -0.454 e. The van der Waals surface area contributed by atoms with Gasteiger partial charge in [-0.15, -0.1) is 21.5 Å². The molecule has 2 aliphatic rings. The lowest BCUT2D eigenvalue weighted by Crippen LogP contribution is -2.51. The van der Waals surface area contributed by atoms with E-state index in [-0.39, 0.29) is 24.4 Å². The summed E-state index contributed by atoms with van der Waals surface area (Å²) < 4.78 is 16.3. The van der Waals surface area contributed by atoms with E-state index in [1.165, 1.54) is 23.1 Å². The highest BCUT2D eigenvalue weighted by atomic mass is 32.2. The van der Waals surface area contributed by atoms with Crippen LogP contribution in [0, 0.1) is 0 Å². The molecule has 3 aromatic rings. The SMILES string of the molecule is O=C(CSc1nnc(-c2ccc3c(c2)OCO3)o1)N1CCN(C(=O)c2cccs2)CC1. The highest BCUT2D eigenvalue weighted by molar-refractivity contribution is 7.99. The van der Waals surface area contributed by atoms with E-state index in [4.69, 9.17) is 13.9 Å². The van der Waals surface area contributed by atoms with Crippen molar-refractivity contribution in [1.82, 2.24) is 20.0 Å². The Labute approximate surface area is 185 Å². The number of hydrogen-bond donors (Lipinski definition) is 0. The van der Waals surface area contributed by atoms with Crippen molar-refractivity contribution < 1.29 is 23.5 Å². The van der Waals surface area contributed by atoms with Crippen molar-refractivity contribution in [2.45, 2.75) is 5.22 Å². The van der Waals surface area contributed by atoms with Gasteiger partial charge in [0.2, 0.25) is 18.6 Å². The zero-order valence-corrected chi connectivity index (χ0v) is 18.0. The summed E-state index contributed by atoms with van der Waals surface area (Å²) in [6, 6.07) is 9.08. The Morgan fingerprint density at radius 3 is 2.65 bits per heavy atom. The molecule has 0 saturated carbocycles. The van der Waals surface area contributed by atoms with Crippen molar-refractivity contribution in [3.8, 4) is 23.0 Å². The summed E-state index contributed by atoms with van der Waals surface area (Å²) in [4.78, 5) is 29.3. The van der Waals surface area contributed by atoms with Gasteiger partial charge >= 0.3 is 0 Å². The average molecular weight is 459 g/mol. The molecule has 0 radical (unpaired) electrons. The molecule has 0 N–H and O–H groups in total. The molecule has 2 amide bonds. The molecule has 1 fully saturated rings. The number of aromatic nitrogens is 2. The van der Waals surface area contributed by atoms with Crippen LogP contribution in [0.2, 0.25) is 0 Å². The minimum absolute atomic E-state index is 0.0175. The normalized spacial score (nSPS) is 15.4. The quantitative estimate of drug-likeness (QED) is 0.538. The minimum atomic E-state index is -0.0175. The first kappa shape index (κ1) is 19.9. The van der Waals surface area contributed by atoms with Gasteiger partial charge < -0.3 is 23.7 Å². The van der Waals surface area contributed by atoms with E-state index in [1.807, 2.05) is 23.6 Å². The van der Waals surface area contributed by atoms with Crippen LogP contribution < -0.4 is 9.47 Å². The van der Waals surface area contributed by atoms with E-state index in [9.17, 15) is 9.59 Å². The fraction of sp³-hybridized carbons (Fsp3) is 0.300.